The highest BCUT2D eigenvalue weighted by Gasteiger charge is 2.71. The van der Waals surface area contributed by atoms with Crippen LogP contribution in [-0.2, 0) is 25.6 Å². The standard InChI is InChI=1S/C33H40N4O8S2/c1-15-19(5-7-28(38)39)24(34-22(15)11-23-16(2)20(9-10-46)31(42)35-23)12-25-21(6-8-29(40)41)17(3)32(43,36-25)13-26-30(27-14-47-27)18(4)33(44)37(26)45-33/h9-13,17-18,23,27,30,34,36,43-44,46H,5-8,14H2,1-4H3,(H,35,42)(H,38,39)(H,40,41)/b10-9-,22-11-,24-12+,26-13-/t17?,18-,23-,27+,30-,32+,33+,37?/m1/s1. The number of allylic oxidation sites excluding steroid dienone is 2. The first-order valence-corrected chi connectivity index (χ1v) is 17.2. The largest absolute Gasteiger partial charge is 0.481 e. The average molecular weight is 685 g/mol. The molecule has 12 nitrogen and oxygen atoms in total. The van der Waals surface area contributed by atoms with Crippen LogP contribution < -0.4 is 21.3 Å². The lowest BCUT2D eigenvalue weighted by atomic mass is 9.86. The van der Waals surface area contributed by atoms with Gasteiger partial charge in [0.25, 0.3) is 11.8 Å². The van der Waals surface area contributed by atoms with E-state index in [2.05, 4.69) is 28.2 Å². The minimum Gasteiger partial charge on any atom is -0.481 e. The van der Waals surface area contributed by atoms with Crippen molar-refractivity contribution < 1.29 is 39.6 Å². The van der Waals surface area contributed by atoms with Crippen molar-refractivity contribution in [1.82, 2.24) is 20.7 Å². The number of aromatic amines is 1. The van der Waals surface area contributed by atoms with Crippen LogP contribution in [0, 0.1) is 24.7 Å². The van der Waals surface area contributed by atoms with Crippen LogP contribution in [-0.4, -0.2) is 77.0 Å². The summed E-state index contributed by atoms with van der Waals surface area (Å²) >= 11 is 5.89. The molecule has 0 spiro atoms. The molecule has 1 amide bonds. The normalized spacial score (nSPS) is 34.6. The second kappa shape index (κ2) is 12.2. The molecule has 1 aromatic rings. The van der Waals surface area contributed by atoms with E-state index in [0.717, 1.165) is 22.5 Å². The number of amides is 1. The first kappa shape index (κ1) is 33.5. The van der Waals surface area contributed by atoms with Gasteiger partial charge in [0.1, 0.15) is 0 Å². The van der Waals surface area contributed by atoms with E-state index in [9.17, 15) is 34.8 Å². The summed E-state index contributed by atoms with van der Waals surface area (Å²) < 4.78 is 0. The number of thiol groups is 1. The predicted molar refractivity (Wildman–Crippen MR) is 178 cm³/mol. The lowest BCUT2D eigenvalue weighted by Gasteiger charge is -2.29. The molecule has 47 heavy (non-hydrogen) atoms. The summed E-state index contributed by atoms with van der Waals surface area (Å²) in [6, 6.07) is -0.393. The molecule has 6 heterocycles. The summed E-state index contributed by atoms with van der Waals surface area (Å²) in [5, 5.41) is 52.9. The third kappa shape index (κ3) is 6.06. The van der Waals surface area contributed by atoms with E-state index in [-0.39, 0.29) is 43.4 Å². The molecule has 0 radical (unpaired) electrons. The van der Waals surface area contributed by atoms with E-state index in [1.807, 2.05) is 33.8 Å². The van der Waals surface area contributed by atoms with Crippen molar-refractivity contribution in [3.63, 3.8) is 0 Å². The second-order valence-electron chi connectivity index (χ2n) is 12.9. The third-order valence-electron chi connectivity index (χ3n) is 10.1. The monoisotopic (exact) mass is 684 g/mol. The Kier molecular flexibility index (Phi) is 8.71. The highest BCUT2D eigenvalue weighted by Crippen LogP contribution is 2.61. The maximum absolute atomic E-state index is 12.6. The Morgan fingerprint density at radius 2 is 1.81 bits per heavy atom. The molecular weight excluding hydrogens is 645 g/mol. The zero-order valence-electron chi connectivity index (χ0n) is 26.5. The number of H-pyrrole nitrogens is 1. The maximum Gasteiger partial charge on any atom is 0.303 e. The van der Waals surface area contributed by atoms with Gasteiger partial charge in [0, 0.05) is 63.6 Å². The van der Waals surface area contributed by atoms with Gasteiger partial charge in [-0.3, -0.25) is 14.4 Å². The van der Waals surface area contributed by atoms with Crippen LogP contribution >= 0.6 is 24.4 Å². The number of thioether (sulfide) groups is 1. The van der Waals surface area contributed by atoms with Crippen LogP contribution in [0.5, 0.6) is 0 Å². The molecule has 0 aromatic carbocycles. The van der Waals surface area contributed by atoms with Gasteiger partial charge in [0.2, 0.25) is 0 Å². The molecule has 14 heteroatoms. The number of hydroxylamine groups is 2. The van der Waals surface area contributed by atoms with Gasteiger partial charge in [0.15, 0.2) is 5.72 Å². The summed E-state index contributed by atoms with van der Waals surface area (Å²) in [5.74, 6) is -3.33. The number of rotatable bonds is 11. The summed E-state index contributed by atoms with van der Waals surface area (Å²) in [7, 11) is 0. The van der Waals surface area contributed by atoms with Crippen molar-refractivity contribution >= 4 is 54.4 Å². The van der Waals surface area contributed by atoms with Gasteiger partial charge >= 0.3 is 11.9 Å². The van der Waals surface area contributed by atoms with Gasteiger partial charge in [-0.25, -0.2) is 4.84 Å². The average Bonchev–Trinajstić information content (AvgIpc) is 3.88. The van der Waals surface area contributed by atoms with Crippen molar-refractivity contribution in [3.05, 3.63) is 67.5 Å². The fourth-order valence-corrected chi connectivity index (χ4v) is 8.19. The Labute approximate surface area is 281 Å². The van der Waals surface area contributed by atoms with E-state index in [0.29, 0.717) is 38.5 Å². The van der Waals surface area contributed by atoms with Crippen molar-refractivity contribution in [1.29, 1.82) is 0 Å². The van der Waals surface area contributed by atoms with E-state index in [1.165, 1.54) is 10.5 Å². The zero-order valence-corrected chi connectivity index (χ0v) is 28.2. The van der Waals surface area contributed by atoms with Crippen LogP contribution in [0.4, 0.5) is 0 Å². The number of hydrogen-bond acceptors (Lipinski definition) is 10. The van der Waals surface area contributed by atoms with Gasteiger partial charge < -0.3 is 36.0 Å². The number of carboxylic acids is 2. The molecule has 1 unspecified atom stereocenters. The van der Waals surface area contributed by atoms with Crippen LogP contribution in [0.15, 0.2) is 45.7 Å². The van der Waals surface area contributed by atoms with Gasteiger partial charge in [-0.15, -0.1) is 0 Å². The number of aliphatic carboxylic acids is 2. The zero-order chi connectivity index (χ0) is 34.0. The van der Waals surface area contributed by atoms with Gasteiger partial charge in [-0.05, 0) is 78.7 Å². The van der Waals surface area contributed by atoms with Crippen LogP contribution in [0.3, 0.4) is 0 Å². The Balaban J connectivity index is 1.43. The van der Waals surface area contributed by atoms with Gasteiger partial charge in [-0.1, -0.05) is 13.8 Å². The third-order valence-corrected chi connectivity index (χ3v) is 11.3. The Bertz CT molecular complexity index is 1790. The number of carboxylic acid groups (broad SMARTS) is 2. The molecule has 1 aromatic heterocycles. The Hall–Kier alpha value is -3.43. The van der Waals surface area contributed by atoms with E-state index in [4.69, 9.17) is 4.84 Å². The van der Waals surface area contributed by atoms with Gasteiger partial charge in [-0.2, -0.15) is 29.5 Å². The molecule has 252 valence electrons. The molecule has 0 saturated carbocycles. The molecule has 5 aliphatic heterocycles. The van der Waals surface area contributed by atoms with E-state index < -0.39 is 35.5 Å². The topological polar surface area (TPSA) is 188 Å². The second-order valence-corrected chi connectivity index (χ2v) is 14.5. The fraction of sp³-hybridized carbons (Fsp3) is 0.485. The first-order valence-electron chi connectivity index (χ1n) is 15.6. The summed E-state index contributed by atoms with van der Waals surface area (Å²) in [6.07, 6.45) is 7.15. The molecular formula is C33H40N4O8S2. The van der Waals surface area contributed by atoms with Crippen LogP contribution in [0.2, 0.25) is 0 Å². The lowest BCUT2D eigenvalue weighted by molar-refractivity contribution is -0.138. The first-order chi connectivity index (χ1) is 22.2. The number of nitrogens with zero attached hydrogens (tertiary/aromatic N) is 1. The van der Waals surface area contributed by atoms with Crippen molar-refractivity contribution in [2.75, 3.05) is 5.75 Å². The number of carbonyl (C=O) groups is 3. The minimum absolute atomic E-state index is 0.0172. The Morgan fingerprint density at radius 1 is 1.13 bits per heavy atom. The molecule has 5 aliphatic rings. The number of aromatic nitrogens is 1. The maximum atomic E-state index is 12.6. The highest BCUT2D eigenvalue weighted by molar-refractivity contribution is 8.06. The highest BCUT2D eigenvalue weighted by atomic mass is 32.2. The number of hydrogen-bond donors (Lipinski definition) is 8. The van der Waals surface area contributed by atoms with E-state index >= 15 is 0 Å². The quantitative estimate of drug-likeness (QED) is 0.124. The number of fused-ring (bicyclic) bond motifs is 1. The minimum atomic E-state index is -1.62. The molecule has 0 aliphatic carbocycles. The Morgan fingerprint density at radius 3 is 2.45 bits per heavy atom. The predicted octanol–water partition coefficient (Wildman–Crippen LogP) is 1.37. The smallest absolute Gasteiger partial charge is 0.303 e. The fourth-order valence-electron chi connectivity index (χ4n) is 7.14. The number of nitrogens with one attached hydrogen (secondary N) is 3. The molecule has 7 atom stereocenters. The molecule has 7 N–H and O–H groups in total. The number of carbonyl (C=O) groups excluding carboxylic acids is 1. The van der Waals surface area contributed by atoms with Crippen molar-refractivity contribution in [3.8, 4) is 0 Å². The lowest BCUT2D eigenvalue weighted by Crippen LogP contribution is -2.44. The molecule has 3 saturated heterocycles. The summed E-state index contributed by atoms with van der Waals surface area (Å²) in [4.78, 5) is 44.8. The molecule has 0 bridgehead atoms. The summed E-state index contributed by atoms with van der Waals surface area (Å²) in [5.41, 5.74) is 3.22. The molecule has 6 rings (SSSR count). The van der Waals surface area contributed by atoms with Crippen LogP contribution in [0.1, 0.15) is 51.2 Å². The van der Waals surface area contributed by atoms with Crippen LogP contribution in [0.25, 0.3) is 12.2 Å². The van der Waals surface area contributed by atoms with Gasteiger partial charge in [0.05, 0.1) is 11.7 Å². The SMILES string of the molecule is CC1=C(/C=C\S)C(=O)N[C@@H]1/C=c1\[nH]/c(=C/C2=C(CCC(=O)O)C(C)[C@@](O)(/C=C3/[C@H]([C@@H]4CS4)[C@@H](C)[C@]4(O)ON34)N2)c(CCC(=O)O)c1C. The van der Waals surface area contributed by atoms with E-state index in [1.54, 1.807) is 30.0 Å². The van der Waals surface area contributed by atoms with Crippen molar-refractivity contribution in [2.45, 2.75) is 76.3 Å². The summed E-state index contributed by atoms with van der Waals surface area (Å²) in [6.45, 7) is 7.51. The van der Waals surface area contributed by atoms with Crippen molar-refractivity contribution in [2.24, 2.45) is 17.8 Å². The molecule has 3 fully saturated rings. The number of aliphatic hydroxyl groups is 2.